The van der Waals surface area contributed by atoms with Crippen LogP contribution in [0.15, 0.2) is 0 Å². The number of rotatable bonds is 5. The Balaban J connectivity index is 1.73. The number of aliphatic carboxylic acids is 1. The highest BCUT2D eigenvalue weighted by Crippen LogP contribution is 2.18. The number of ether oxygens (including phenoxy) is 2. The minimum absolute atomic E-state index is 0.0874. The van der Waals surface area contributed by atoms with Gasteiger partial charge < -0.3 is 19.5 Å². The van der Waals surface area contributed by atoms with Crippen LogP contribution in [0.1, 0.15) is 32.6 Å². The van der Waals surface area contributed by atoms with Crippen LogP contribution in [0.3, 0.4) is 0 Å². The molecule has 0 spiro atoms. The summed E-state index contributed by atoms with van der Waals surface area (Å²) in [7, 11) is 0. The van der Waals surface area contributed by atoms with Crippen molar-refractivity contribution in [2.24, 2.45) is 5.92 Å². The number of carbonyl (C=O) groups excluding carboxylic acids is 1. The zero-order valence-corrected chi connectivity index (χ0v) is 11.9. The van der Waals surface area contributed by atoms with Crippen LogP contribution >= 0.6 is 0 Å². The molecule has 114 valence electrons. The molecule has 0 aromatic rings. The summed E-state index contributed by atoms with van der Waals surface area (Å²) < 4.78 is 11.1. The van der Waals surface area contributed by atoms with Crippen molar-refractivity contribution >= 4 is 11.9 Å². The number of hydrogen-bond donors (Lipinski definition) is 1. The maximum absolute atomic E-state index is 12.2. The summed E-state index contributed by atoms with van der Waals surface area (Å²) in [6.45, 7) is 3.72. The Kier molecular flexibility index (Phi) is 5.37. The number of amides is 1. The molecular formula is C14H23NO5. The fourth-order valence-electron chi connectivity index (χ4n) is 2.68. The molecule has 0 bridgehead atoms. The second kappa shape index (κ2) is 7.04. The van der Waals surface area contributed by atoms with Crippen molar-refractivity contribution in [3.63, 3.8) is 0 Å². The summed E-state index contributed by atoms with van der Waals surface area (Å²) >= 11 is 0. The van der Waals surface area contributed by atoms with Gasteiger partial charge in [-0.2, -0.15) is 0 Å². The minimum atomic E-state index is -0.829. The lowest BCUT2D eigenvalue weighted by Gasteiger charge is -2.25. The van der Waals surface area contributed by atoms with Crippen LogP contribution in [-0.4, -0.2) is 60.4 Å². The number of carboxylic acid groups (broad SMARTS) is 1. The highest BCUT2D eigenvalue weighted by atomic mass is 16.5. The Morgan fingerprint density at radius 1 is 1.40 bits per heavy atom. The first-order valence-electron chi connectivity index (χ1n) is 7.32. The first-order valence-corrected chi connectivity index (χ1v) is 7.32. The number of hydrogen-bond acceptors (Lipinski definition) is 4. The fraction of sp³-hybridized carbons (Fsp3) is 0.857. The Bertz CT molecular complexity index is 353. The zero-order chi connectivity index (χ0) is 14.5. The summed E-state index contributed by atoms with van der Waals surface area (Å²) in [5.74, 6) is -1.39. The molecule has 0 saturated carbocycles. The van der Waals surface area contributed by atoms with Gasteiger partial charge in [-0.3, -0.25) is 9.59 Å². The van der Waals surface area contributed by atoms with Crippen LogP contribution in [0.2, 0.25) is 0 Å². The SMILES string of the molecule is CC(OCC1CCCCO1)C(=O)N1CCC(C(=O)O)C1. The molecule has 0 aliphatic carbocycles. The lowest BCUT2D eigenvalue weighted by Crippen LogP contribution is -2.39. The predicted molar refractivity (Wildman–Crippen MR) is 71.3 cm³/mol. The van der Waals surface area contributed by atoms with Gasteiger partial charge >= 0.3 is 5.97 Å². The Labute approximate surface area is 119 Å². The van der Waals surface area contributed by atoms with Crippen LogP contribution in [0.4, 0.5) is 0 Å². The molecule has 0 aromatic carbocycles. The summed E-state index contributed by atoms with van der Waals surface area (Å²) in [6, 6.07) is 0. The van der Waals surface area contributed by atoms with E-state index in [0.717, 1.165) is 25.9 Å². The normalized spacial score (nSPS) is 28.4. The van der Waals surface area contributed by atoms with Gasteiger partial charge in [-0.05, 0) is 32.6 Å². The van der Waals surface area contributed by atoms with Gasteiger partial charge in [0.05, 0.1) is 18.6 Å². The molecule has 2 saturated heterocycles. The van der Waals surface area contributed by atoms with E-state index in [4.69, 9.17) is 14.6 Å². The van der Waals surface area contributed by atoms with E-state index in [1.54, 1.807) is 11.8 Å². The standard InChI is InChI=1S/C14H23NO5/c1-10(20-9-12-4-2-3-7-19-12)13(16)15-6-5-11(8-15)14(17)18/h10-12H,2-9H2,1H3,(H,17,18). The second-order valence-corrected chi connectivity index (χ2v) is 5.57. The fourth-order valence-corrected chi connectivity index (χ4v) is 2.68. The summed E-state index contributed by atoms with van der Waals surface area (Å²) in [4.78, 5) is 24.6. The molecule has 1 amide bonds. The average Bonchev–Trinajstić information content (AvgIpc) is 2.95. The van der Waals surface area contributed by atoms with Crippen molar-refractivity contribution in [1.29, 1.82) is 0 Å². The van der Waals surface area contributed by atoms with E-state index in [2.05, 4.69) is 0 Å². The smallest absolute Gasteiger partial charge is 0.308 e. The first kappa shape index (κ1) is 15.3. The van der Waals surface area contributed by atoms with Gasteiger partial charge in [0.15, 0.2) is 0 Å². The van der Waals surface area contributed by atoms with Crippen molar-refractivity contribution in [3.05, 3.63) is 0 Å². The quantitative estimate of drug-likeness (QED) is 0.812. The second-order valence-electron chi connectivity index (χ2n) is 5.57. The first-order chi connectivity index (χ1) is 9.58. The molecule has 2 rings (SSSR count). The molecule has 6 nitrogen and oxygen atoms in total. The van der Waals surface area contributed by atoms with E-state index >= 15 is 0 Å². The molecule has 6 heteroatoms. The summed E-state index contributed by atoms with van der Waals surface area (Å²) in [5.41, 5.74) is 0. The molecule has 0 aromatic heterocycles. The minimum Gasteiger partial charge on any atom is -0.481 e. The van der Waals surface area contributed by atoms with Crippen LogP contribution in [0, 0.1) is 5.92 Å². The average molecular weight is 285 g/mol. The third-order valence-electron chi connectivity index (χ3n) is 4.00. The number of likely N-dealkylation sites (tertiary alicyclic amines) is 1. The molecule has 20 heavy (non-hydrogen) atoms. The van der Waals surface area contributed by atoms with E-state index in [0.29, 0.717) is 26.1 Å². The lowest BCUT2D eigenvalue weighted by molar-refractivity contribution is -0.146. The van der Waals surface area contributed by atoms with Gasteiger partial charge in [0.1, 0.15) is 6.10 Å². The van der Waals surface area contributed by atoms with Crippen molar-refractivity contribution in [3.8, 4) is 0 Å². The Morgan fingerprint density at radius 2 is 2.20 bits per heavy atom. The maximum atomic E-state index is 12.2. The Morgan fingerprint density at radius 3 is 2.80 bits per heavy atom. The number of carboxylic acids is 1. The molecule has 0 radical (unpaired) electrons. The molecule has 2 fully saturated rings. The van der Waals surface area contributed by atoms with Crippen molar-refractivity contribution < 1.29 is 24.2 Å². The molecule has 3 unspecified atom stereocenters. The maximum Gasteiger partial charge on any atom is 0.308 e. The highest BCUT2D eigenvalue weighted by molar-refractivity contribution is 5.82. The van der Waals surface area contributed by atoms with Gasteiger partial charge in [0, 0.05) is 19.7 Å². The molecule has 2 heterocycles. The number of carbonyl (C=O) groups is 2. The topological polar surface area (TPSA) is 76.1 Å². The molecule has 3 atom stereocenters. The number of nitrogens with zero attached hydrogens (tertiary/aromatic N) is 1. The predicted octanol–water partition coefficient (Wildman–Crippen LogP) is 0.894. The van der Waals surface area contributed by atoms with E-state index in [1.165, 1.54) is 0 Å². The van der Waals surface area contributed by atoms with Crippen molar-refractivity contribution in [1.82, 2.24) is 4.90 Å². The van der Waals surface area contributed by atoms with Gasteiger partial charge in [-0.1, -0.05) is 0 Å². The van der Waals surface area contributed by atoms with E-state index in [-0.39, 0.29) is 12.0 Å². The summed E-state index contributed by atoms with van der Waals surface area (Å²) in [5, 5.41) is 8.94. The zero-order valence-electron chi connectivity index (χ0n) is 11.9. The van der Waals surface area contributed by atoms with Gasteiger partial charge in [-0.15, -0.1) is 0 Å². The van der Waals surface area contributed by atoms with Gasteiger partial charge in [-0.25, -0.2) is 0 Å². The molecule has 2 aliphatic heterocycles. The molecule has 2 aliphatic rings. The van der Waals surface area contributed by atoms with E-state index in [1.807, 2.05) is 0 Å². The van der Waals surface area contributed by atoms with Gasteiger partial charge in [0.2, 0.25) is 0 Å². The van der Waals surface area contributed by atoms with Crippen LogP contribution in [-0.2, 0) is 19.1 Å². The van der Waals surface area contributed by atoms with Crippen molar-refractivity contribution in [2.75, 3.05) is 26.3 Å². The largest absolute Gasteiger partial charge is 0.481 e. The van der Waals surface area contributed by atoms with E-state index < -0.39 is 18.0 Å². The summed E-state index contributed by atoms with van der Waals surface area (Å²) in [6.07, 6.45) is 3.29. The lowest BCUT2D eigenvalue weighted by atomic mass is 10.1. The van der Waals surface area contributed by atoms with Crippen LogP contribution in [0.5, 0.6) is 0 Å². The van der Waals surface area contributed by atoms with Gasteiger partial charge in [0.25, 0.3) is 5.91 Å². The van der Waals surface area contributed by atoms with Crippen LogP contribution in [0.25, 0.3) is 0 Å². The highest BCUT2D eigenvalue weighted by Gasteiger charge is 2.33. The third kappa shape index (κ3) is 3.93. The Hall–Kier alpha value is -1.14. The monoisotopic (exact) mass is 285 g/mol. The third-order valence-corrected chi connectivity index (χ3v) is 4.00. The molecule has 1 N–H and O–H groups in total. The molecular weight excluding hydrogens is 262 g/mol. The van der Waals surface area contributed by atoms with Crippen LogP contribution < -0.4 is 0 Å². The van der Waals surface area contributed by atoms with Crippen molar-refractivity contribution in [2.45, 2.75) is 44.8 Å². The van der Waals surface area contributed by atoms with E-state index in [9.17, 15) is 9.59 Å².